The molecule has 0 N–H and O–H groups in total. The molecule has 1 aromatic carbocycles. The normalized spacial score (nSPS) is 21.7. The SMILES string of the molecule is O=C(c1conc1-c1ccccc1)N1CCCC[C@H]1CN1CCOCC1. The fraction of sp³-hybridized carbons (Fsp3) is 0.500. The van der Waals surface area contributed by atoms with Crippen LogP contribution >= 0.6 is 0 Å². The Bertz CT molecular complexity index is 725. The van der Waals surface area contributed by atoms with E-state index in [-0.39, 0.29) is 11.9 Å². The summed E-state index contributed by atoms with van der Waals surface area (Å²) < 4.78 is 10.6. The van der Waals surface area contributed by atoms with Crippen LogP contribution in [0.3, 0.4) is 0 Å². The summed E-state index contributed by atoms with van der Waals surface area (Å²) in [5.41, 5.74) is 2.10. The highest BCUT2D eigenvalue weighted by Crippen LogP contribution is 2.26. The van der Waals surface area contributed by atoms with E-state index in [0.29, 0.717) is 11.3 Å². The fourth-order valence-electron chi connectivity index (χ4n) is 3.89. The van der Waals surface area contributed by atoms with Gasteiger partial charge in [-0.2, -0.15) is 0 Å². The minimum absolute atomic E-state index is 0.0306. The minimum Gasteiger partial charge on any atom is -0.379 e. The second kappa shape index (κ2) is 8.01. The van der Waals surface area contributed by atoms with Gasteiger partial charge in [0.1, 0.15) is 17.5 Å². The number of hydrogen-bond acceptors (Lipinski definition) is 5. The molecule has 2 aliphatic heterocycles. The number of carbonyl (C=O) groups excluding carboxylic acids is 1. The first-order valence-electron chi connectivity index (χ1n) is 9.44. The maximum Gasteiger partial charge on any atom is 0.259 e. The van der Waals surface area contributed by atoms with Crippen molar-refractivity contribution in [3.8, 4) is 11.3 Å². The van der Waals surface area contributed by atoms with Crippen LogP contribution in [0, 0.1) is 0 Å². The quantitative estimate of drug-likeness (QED) is 0.844. The van der Waals surface area contributed by atoms with Crippen LogP contribution in [0.25, 0.3) is 11.3 Å². The van der Waals surface area contributed by atoms with Crippen molar-refractivity contribution in [2.75, 3.05) is 39.4 Å². The molecule has 6 heteroatoms. The number of benzene rings is 1. The van der Waals surface area contributed by atoms with Gasteiger partial charge in [-0.25, -0.2) is 0 Å². The molecular formula is C20H25N3O3. The van der Waals surface area contributed by atoms with E-state index in [1.165, 1.54) is 12.7 Å². The zero-order valence-corrected chi connectivity index (χ0v) is 15.0. The Hall–Kier alpha value is -2.18. The predicted octanol–water partition coefficient (Wildman–Crippen LogP) is 2.67. The molecule has 0 unspecified atom stereocenters. The molecule has 1 aromatic heterocycles. The van der Waals surface area contributed by atoms with Crippen molar-refractivity contribution in [3.05, 3.63) is 42.2 Å². The summed E-state index contributed by atoms with van der Waals surface area (Å²) in [4.78, 5) is 17.7. The fourth-order valence-corrected chi connectivity index (χ4v) is 3.89. The van der Waals surface area contributed by atoms with E-state index in [2.05, 4.69) is 10.1 Å². The summed E-state index contributed by atoms with van der Waals surface area (Å²) >= 11 is 0. The van der Waals surface area contributed by atoms with Gasteiger partial charge >= 0.3 is 0 Å². The van der Waals surface area contributed by atoms with E-state index in [0.717, 1.165) is 57.8 Å². The van der Waals surface area contributed by atoms with Crippen molar-refractivity contribution in [1.82, 2.24) is 15.0 Å². The summed E-state index contributed by atoms with van der Waals surface area (Å²) in [6, 6.07) is 9.99. The molecule has 138 valence electrons. The van der Waals surface area contributed by atoms with Gasteiger partial charge in [0.15, 0.2) is 0 Å². The van der Waals surface area contributed by atoms with Crippen LogP contribution in [-0.4, -0.2) is 66.3 Å². The number of amides is 1. The summed E-state index contributed by atoms with van der Waals surface area (Å²) in [7, 11) is 0. The van der Waals surface area contributed by atoms with Crippen LogP contribution < -0.4 is 0 Å². The highest BCUT2D eigenvalue weighted by atomic mass is 16.5. The molecule has 1 atom stereocenters. The molecule has 4 rings (SSSR count). The Balaban J connectivity index is 1.53. The molecule has 0 aliphatic carbocycles. The molecule has 26 heavy (non-hydrogen) atoms. The summed E-state index contributed by atoms with van der Waals surface area (Å²) in [5.74, 6) is 0.0306. The van der Waals surface area contributed by atoms with Gasteiger partial charge in [0, 0.05) is 37.8 Å². The topological polar surface area (TPSA) is 58.8 Å². The van der Waals surface area contributed by atoms with Crippen LogP contribution in [-0.2, 0) is 4.74 Å². The lowest BCUT2D eigenvalue weighted by Gasteiger charge is -2.39. The third kappa shape index (κ3) is 3.66. The average molecular weight is 355 g/mol. The van der Waals surface area contributed by atoms with Gasteiger partial charge in [-0.1, -0.05) is 35.5 Å². The number of piperidine rings is 1. The zero-order valence-electron chi connectivity index (χ0n) is 15.0. The third-order valence-electron chi connectivity index (χ3n) is 5.31. The first-order valence-corrected chi connectivity index (χ1v) is 9.44. The molecule has 1 amide bonds. The summed E-state index contributed by atoms with van der Waals surface area (Å²) in [6.07, 6.45) is 4.77. The Labute approximate surface area is 153 Å². The first kappa shape index (κ1) is 17.2. The highest BCUT2D eigenvalue weighted by molar-refractivity contribution is 5.99. The van der Waals surface area contributed by atoms with Crippen LogP contribution in [0.4, 0.5) is 0 Å². The lowest BCUT2D eigenvalue weighted by Crippen LogP contribution is -2.51. The van der Waals surface area contributed by atoms with E-state index < -0.39 is 0 Å². The molecule has 0 spiro atoms. The maximum absolute atomic E-state index is 13.3. The molecule has 0 bridgehead atoms. The van der Waals surface area contributed by atoms with Gasteiger partial charge in [0.25, 0.3) is 5.91 Å². The van der Waals surface area contributed by atoms with Gasteiger partial charge in [-0.05, 0) is 19.3 Å². The van der Waals surface area contributed by atoms with E-state index in [9.17, 15) is 4.79 Å². The van der Waals surface area contributed by atoms with Crippen molar-refractivity contribution >= 4 is 5.91 Å². The summed E-state index contributed by atoms with van der Waals surface area (Å²) in [5, 5.41) is 4.09. The van der Waals surface area contributed by atoms with Crippen molar-refractivity contribution in [3.63, 3.8) is 0 Å². The second-order valence-corrected chi connectivity index (χ2v) is 7.00. The van der Waals surface area contributed by atoms with E-state index in [1.54, 1.807) is 0 Å². The number of ether oxygens (including phenoxy) is 1. The molecule has 2 aliphatic rings. The summed E-state index contributed by atoms with van der Waals surface area (Å²) in [6.45, 7) is 5.17. The Morgan fingerprint density at radius 2 is 1.92 bits per heavy atom. The molecule has 2 aromatic rings. The molecule has 2 saturated heterocycles. The number of hydrogen-bond donors (Lipinski definition) is 0. The number of aromatic nitrogens is 1. The van der Waals surface area contributed by atoms with Gasteiger partial charge in [-0.3, -0.25) is 9.69 Å². The van der Waals surface area contributed by atoms with Gasteiger partial charge < -0.3 is 14.2 Å². The lowest BCUT2D eigenvalue weighted by atomic mass is 9.99. The predicted molar refractivity (Wildman–Crippen MR) is 97.9 cm³/mol. The molecule has 2 fully saturated rings. The molecule has 0 radical (unpaired) electrons. The smallest absolute Gasteiger partial charge is 0.259 e. The molecule has 3 heterocycles. The second-order valence-electron chi connectivity index (χ2n) is 7.00. The number of likely N-dealkylation sites (tertiary alicyclic amines) is 1. The van der Waals surface area contributed by atoms with Crippen molar-refractivity contribution < 1.29 is 14.1 Å². The average Bonchev–Trinajstić information content (AvgIpc) is 3.19. The van der Waals surface area contributed by atoms with Crippen LogP contribution in [0.5, 0.6) is 0 Å². The molecule has 6 nitrogen and oxygen atoms in total. The van der Waals surface area contributed by atoms with Crippen molar-refractivity contribution in [2.24, 2.45) is 0 Å². The lowest BCUT2D eigenvalue weighted by molar-refractivity contribution is 0.0166. The van der Waals surface area contributed by atoms with Gasteiger partial charge in [0.2, 0.25) is 0 Å². The van der Waals surface area contributed by atoms with E-state index in [4.69, 9.17) is 9.26 Å². The highest BCUT2D eigenvalue weighted by Gasteiger charge is 2.31. The zero-order chi connectivity index (χ0) is 17.8. The van der Waals surface area contributed by atoms with Gasteiger partial charge in [-0.15, -0.1) is 0 Å². The Kier molecular flexibility index (Phi) is 5.32. The van der Waals surface area contributed by atoms with Crippen LogP contribution in [0.1, 0.15) is 29.6 Å². The minimum atomic E-state index is 0.0306. The molecule has 0 saturated carbocycles. The van der Waals surface area contributed by atoms with Crippen molar-refractivity contribution in [1.29, 1.82) is 0 Å². The first-order chi connectivity index (χ1) is 12.8. The van der Waals surface area contributed by atoms with E-state index >= 15 is 0 Å². The third-order valence-corrected chi connectivity index (χ3v) is 5.31. The number of carbonyl (C=O) groups is 1. The number of morpholine rings is 1. The molecular weight excluding hydrogens is 330 g/mol. The number of rotatable bonds is 4. The monoisotopic (exact) mass is 355 g/mol. The maximum atomic E-state index is 13.3. The largest absolute Gasteiger partial charge is 0.379 e. The van der Waals surface area contributed by atoms with Gasteiger partial charge in [0.05, 0.1) is 13.2 Å². The van der Waals surface area contributed by atoms with E-state index in [1.807, 2.05) is 35.2 Å². The Morgan fingerprint density at radius 3 is 2.73 bits per heavy atom. The van der Waals surface area contributed by atoms with Crippen molar-refractivity contribution in [2.45, 2.75) is 25.3 Å². The van der Waals surface area contributed by atoms with Crippen LogP contribution in [0.2, 0.25) is 0 Å². The Morgan fingerprint density at radius 1 is 1.12 bits per heavy atom. The standard InChI is InChI=1S/C20H25N3O3/c24-20(18-15-26-21-19(18)16-6-2-1-3-7-16)23-9-5-4-8-17(23)14-22-10-12-25-13-11-22/h1-3,6-7,15,17H,4-5,8-14H2/t17-/m0/s1. The van der Waals surface area contributed by atoms with Crippen LogP contribution in [0.15, 0.2) is 41.1 Å². The number of nitrogens with zero attached hydrogens (tertiary/aromatic N) is 3.